The summed E-state index contributed by atoms with van der Waals surface area (Å²) in [6, 6.07) is 7.89. The predicted octanol–water partition coefficient (Wildman–Crippen LogP) is 3.30. The van der Waals surface area contributed by atoms with Crippen molar-refractivity contribution in [2.45, 2.75) is 19.3 Å². The topological polar surface area (TPSA) is 82.4 Å². The van der Waals surface area contributed by atoms with Crippen molar-refractivity contribution in [3.05, 3.63) is 105 Å². The Bertz CT molecular complexity index is 1650. The lowest BCUT2D eigenvalue weighted by Crippen LogP contribution is -2.23. The molecule has 4 rings (SSSR count). The van der Waals surface area contributed by atoms with Crippen LogP contribution in [-0.2, 0) is 7.05 Å². The van der Waals surface area contributed by atoms with Crippen molar-refractivity contribution in [3.8, 4) is 23.7 Å². The van der Waals surface area contributed by atoms with E-state index in [1.807, 2.05) is 6.92 Å². The molecule has 3 heterocycles. The molecule has 8 heteroatoms. The first kappa shape index (κ1) is 23.5. The Morgan fingerprint density at radius 2 is 1.94 bits per heavy atom. The van der Waals surface area contributed by atoms with Crippen LogP contribution < -0.4 is 11.3 Å². The molecule has 0 aliphatic carbocycles. The second-order valence-electron chi connectivity index (χ2n) is 7.94. The summed E-state index contributed by atoms with van der Waals surface area (Å²) in [5.74, 6) is 8.44. The number of nitrogens with two attached hydrogens (primary N) is 1. The van der Waals surface area contributed by atoms with E-state index in [9.17, 15) is 18.4 Å². The van der Waals surface area contributed by atoms with E-state index < -0.39 is 23.5 Å². The van der Waals surface area contributed by atoms with Crippen LogP contribution >= 0.6 is 0 Å². The summed E-state index contributed by atoms with van der Waals surface area (Å²) in [5.41, 5.74) is 7.59. The molecule has 0 fully saturated rings. The summed E-state index contributed by atoms with van der Waals surface area (Å²) in [6.45, 7) is 1.84. The summed E-state index contributed by atoms with van der Waals surface area (Å²) in [6.07, 6.45) is 4.87. The maximum Gasteiger partial charge on any atom is 0.254 e. The number of amides is 1. The quantitative estimate of drug-likeness (QED) is 0.465. The Labute approximate surface area is 200 Å². The third-order valence-electron chi connectivity index (χ3n) is 5.64. The van der Waals surface area contributed by atoms with Crippen molar-refractivity contribution in [3.63, 3.8) is 0 Å². The zero-order valence-electron chi connectivity index (χ0n) is 19.0. The van der Waals surface area contributed by atoms with Gasteiger partial charge in [-0.2, -0.15) is 5.10 Å². The van der Waals surface area contributed by atoms with E-state index >= 15 is 0 Å². The molecule has 2 N–H and O–H groups in total. The summed E-state index contributed by atoms with van der Waals surface area (Å²) in [5, 5.41) is 4.21. The monoisotopic (exact) mass is 470 g/mol. The van der Waals surface area contributed by atoms with Crippen molar-refractivity contribution < 1.29 is 13.6 Å². The molecule has 6 nitrogen and oxygen atoms in total. The van der Waals surface area contributed by atoms with Crippen molar-refractivity contribution in [2.75, 3.05) is 0 Å². The van der Waals surface area contributed by atoms with Crippen molar-refractivity contribution >= 4 is 11.4 Å². The van der Waals surface area contributed by atoms with E-state index in [0.29, 0.717) is 11.1 Å². The molecule has 4 aromatic rings. The molecule has 0 spiro atoms. The van der Waals surface area contributed by atoms with Crippen LogP contribution in [0, 0.1) is 42.2 Å². The van der Waals surface area contributed by atoms with Gasteiger partial charge in [-0.3, -0.25) is 9.59 Å². The second kappa shape index (κ2) is 9.66. The maximum absolute atomic E-state index is 14.6. The molecule has 0 radical (unpaired) electrons. The standard InChI is InChI=1S/C27H20F2N4O2/c1-17-16-31-33-14-12-21(26(30)34)20(25(17)33)8-5-3-4-7-19(22-9-6-13-32(2)27(22)35)23-15-18(28)10-11-24(23)29/h6,9-16,19H,7H2,1-2H3,(H2,30,34). The van der Waals surface area contributed by atoms with Gasteiger partial charge >= 0.3 is 0 Å². The second-order valence-corrected chi connectivity index (χ2v) is 7.94. The Hall–Kier alpha value is -4.69. The number of rotatable bonds is 4. The van der Waals surface area contributed by atoms with Crippen LogP contribution in [0.25, 0.3) is 5.52 Å². The number of fused-ring (bicyclic) bond motifs is 1. The number of pyridine rings is 2. The number of carbonyl (C=O) groups is 1. The molecular formula is C27H20F2N4O2. The van der Waals surface area contributed by atoms with Gasteiger partial charge in [-0.15, -0.1) is 0 Å². The highest BCUT2D eigenvalue weighted by Crippen LogP contribution is 2.28. The SMILES string of the molecule is Cc1cnn2ccc(C(N)=O)c(C#CC#CCC(c3cc(F)ccc3F)c3cccn(C)c3=O)c12. The highest BCUT2D eigenvalue weighted by Gasteiger charge is 2.21. The normalized spacial score (nSPS) is 11.3. The molecule has 0 saturated carbocycles. The number of carbonyl (C=O) groups excluding carboxylic acids is 1. The lowest BCUT2D eigenvalue weighted by molar-refractivity contribution is 0.1000. The molecule has 1 unspecified atom stereocenters. The van der Waals surface area contributed by atoms with Crippen molar-refractivity contribution in [2.24, 2.45) is 12.8 Å². The number of hydrogen-bond donors (Lipinski definition) is 1. The molecule has 174 valence electrons. The van der Waals surface area contributed by atoms with Crippen molar-refractivity contribution in [1.82, 2.24) is 14.2 Å². The Morgan fingerprint density at radius 1 is 1.14 bits per heavy atom. The Balaban J connectivity index is 1.74. The van der Waals surface area contributed by atoms with E-state index in [1.54, 1.807) is 42.3 Å². The fourth-order valence-corrected chi connectivity index (χ4v) is 3.90. The van der Waals surface area contributed by atoms with Crippen LogP contribution in [0.1, 0.15) is 45.0 Å². The van der Waals surface area contributed by atoms with E-state index in [-0.39, 0.29) is 28.7 Å². The first-order valence-electron chi connectivity index (χ1n) is 10.6. The van der Waals surface area contributed by atoms with Crippen molar-refractivity contribution in [1.29, 1.82) is 0 Å². The van der Waals surface area contributed by atoms with Crippen LogP contribution in [0.5, 0.6) is 0 Å². The van der Waals surface area contributed by atoms with Gasteiger partial charge in [-0.25, -0.2) is 13.3 Å². The summed E-state index contributed by atoms with van der Waals surface area (Å²) in [7, 11) is 1.58. The van der Waals surface area contributed by atoms with Crippen LogP contribution in [0.15, 0.2) is 59.8 Å². The zero-order chi connectivity index (χ0) is 25.1. The minimum Gasteiger partial charge on any atom is -0.366 e. The number of aryl methyl sites for hydroxylation is 2. The first-order chi connectivity index (χ1) is 16.8. The number of benzene rings is 1. The van der Waals surface area contributed by atoms with Gasteiger partial charge in [0.1, 0.15) is 11.6 Å². The fraction of sp³-hybridized carbons (Fsp3) is 0.148. The minimum atomic E-state index is -0.804. The van der Waals surface area contributed by atoms with E-state index in [4.69, 9.17) is 5.73 Å². The lowest BCUT2D eigenvalue weighted by atomic mass is 9.89. The van der Waals surface area contributed by atoms with Gasteiger partial charge in [-0.05, 0) is 66.1 Å². The third-order valence-corrected chi connectivity index (χ3v) is 5.64. The molecule has 1 amide bonds. The highest BCUT2D eigenvalue weighted by molar-refractivity contribution is 5.98. The van der Waals surface area contributed by atoms with Crippen LogP contribution in [-0.4, -0.2) is 20.1 Å². The number of primary amides is 1. The molecule has 1 aromatic carbocycles. The first-order valence-corrected chi connectivity index (χ1v) is 10.6. The Kier molecular flexibility index (Phi) is 6.48. The molecule has 0 saturated heterocycles. The van der Waals surface area contributed by atoms with Gasteiger partial charge < -0.3 is 10.3 Å². The molecule has 35 heavy (non-hydrogen) atoms. The average molecular weight is 470 g/mol. The van der Waals surface area contributed by atoms with Gasteiger partial charge in [0.05, 0.1) is 22.8 Å². The zero-order valence-corrected chi connectivity index (χ0v) is 19.0. The number of halogens is 2. The maximum atomic E-state index is 14.6. The van der Waals surface area contributed by atoms with E-state index in [0.717, 1.165) is 23.8 Å². The lowest BCUT2D eigenvalue weighted by Gasteiger charge is -2.16. The number of nitrogens with zero attached hydrogens (tertiary/aromatic N) is 3. The van der Waals surface area contributed by atoms with Crippen LogP contribution in [0.4, 0.5) is 8.78 Å². The van der Waals surface area contributed by atoms with Gasteiger partial charge in [0, 0.05) is 37.3 Å². The smallest absolute Gasteiger partial charge is 0.254 e. The Morgan fingerprint density at radius 3 is 2.71 bits per heavy atom. The predicted molar refractivity (Wildman–Crippen MR) is 128 cm³/mol. The third kappa shape index (κ3) is 4.68. The molecule has 0 aliphatic rings. The minimum absolute atomic E-state index is 0.0207. The average Bonchev–Trinajstić information content (AvgIpc) is 3.21. The van der Waals surface area contributed by atoms with E-state index in [1.165, 1.54) is 10.6 Å². The van der Waals surface area contributed by atoms with Gasteiger partial charge in [-0.1, -0.05) is 12.0 Å². The van der Waals surface area contributed by atoms with Crippen LogP contribution in [0.3, 0.4) is 0 Å². The summed E-state index contributed by atoms with van der Waals surface area (Å²) in [4.78, 5) is 24.6. The summed E-state index contributed by atoms with van der Waals surface area (Å²) < 4.78 is 31.5. The molecular weight excluding hydrogens is 450 g/mol. The van der Waals surface area contributed by atoms with E-state index in [2.05, 4.69) is 28.8 Å². The van der Waals surface area contributed by atoms with Gasteiger partial charge in [0.2, 0.25) is 5.91 Å². The number of aromatic nitrogens is 3. The summed E-state index contributed by atoms with van der Waals surface area (Å²) >= 11 is 0. The molecule has 1 atom stereocenters. The van der Waals surface area contributed by atoms with Gasteiger partial charge in [0.15, 0.2) is 0 Å². The molecule has 0 bridgehead atoms. The fourth-order valence-electron chi connectivity index (χ4n) is 3.90. The highest BCUT2D eigenvalue weighted by atomic mass is 19.1. The molecule has 0 aliphatic heterocycles. The van der Waals surface area contributed by atoms with Gasteiger partial charge in [0.25, 0.3) is 5.56 Å². The van der Waals surface area contributed by atoms with Crippen LogP contribution in [0.2, 0.25) is 0 Å². The molecule has 3 aromatic heterocycles. The largest absolute Gasteiger partial charge is 0.366 e. The number of hydrogen-bond acceptors (Lipinski definition) is 3.